The summed E-state index contributed by atoms with van der Waals surface area (Å²) in [5.74, 6) is -0.108. The lowest BCUT2D eigenvalue weighted by atomic mass is 9.90. The Labute approximate surface area is 110 Å². The number of ether oxygens (including phenoxy) is 2. The van der Waals surface area contributed by atoms with Gasteiger partial charge >= 0.3 is 5.97 Å². The maximum absolute atomic E-state index is 12.2. The molecule has 2 atom stereocenters. The van der Waals surface area contributed by atoms with Crippen molar-refractivity contribution in [3.63, 3.8) is 0 Å². The molecule has 2 unspecified atom stereocenters. The summed E-state index contributed by atoms with van der Waals surface area (Å²) in [4.78, 5) is 12.2. The molecule has 104 valence electrons. The van der Waals surface area contributed by atoms with Crippen molar-refractivity contribution in [1.29, 1.82) is 0 Å². The Balaban J connectivity index is 1.78. The summed E-state index contributed by atoms with van der Waals surface area (Å²) >= 11 is 0. The number of carbonyl (C=O) groups is 1. The monoisotopic (exact) mass is 254 g/mol. The van der Waals surface area contributed by atoms with Gasteiger partial charge < -0.3 is 9.47 Å². The Hall–Kier alpha value is -0.570. The third kappa shape index (κ3) is 2.56. The number of hydrogen-bond donors (Lipinski definition) is 0. The van der Waals surface area contributed by atoms with Gasteiger partial charge in [-0.15, -0.1) is 0 Å². The summed E-state index contributed by atoms with van der Waals surface area (Å²) in [5.41, 5.74) is -0.821. The molecule has 0 aromatic carbocycles. The van der Waals surface area contributed by atoms with Crippen LogP contribution in [0.15, 0.2) is 0 Å². The van der Waals surface area contributed by atoms with Crippen LogP contribution in [0.5, 0.6) is 0 Å². The molecule has 2 rings (SSSR count). The second kappa shape index (κ2) is 5.60. The Morgan fingerprint density at radius 2 is 1.94 bits per heavy atom. The van der Waals surface area contributed by atoms with Crippen LogP contribution in [-0.2, 0) is 14.3 Å². The summed E-state index contributed by atoms with van der Waals surface area (Å²) in [5, 5.41) is 0. The molecule has 2 fully saturated rings. The predicted molar refractivity (Wildman–Crippen MR) is 70.4 cm³/mol. The molecular formula is C15H26O3. The number of fused-ring (bicyclic) bond motifs is 1. The van der Waals surface area contributed by atoms with Gasteiger partial charge in [0.1, 0.15) is 5.60 Å². The van der Waals surface area contributed by atoms with E-state index in [9.17, 15) is 4.79 Å². The van der Waals surface area contributed by atoms with Crippen molar-refractivity contribution >= 4 is 5.97 Å². The largest absolute Gasteiger partial charge is 0.463 e. The maximum atomic E-state index is 12.2. The molecule has 1 heterocycles. The van der Waals surface area contributed by atoms with Gasteiger partial charge in [0.2, 0.25) is 0 Å². The summed E-state index contributed by atoms with van der Waals surface area (Å²) in [6.07, 6.45) is 9.86. The molecule has 0 radical (unpaired) electrons. The van der Waals surface area contributed by atoms with Crippen LogP contribution >= 0.6 is 0 Å². The van der Waals surface area contributed by atoms with E-state index in [-0.39, 0.29) is 11.6 Å². The predicted octanol–water partition coefficient (Wildman–Crippen LogP) is 3.60. The third-order valence-electron chi connectivity index (χ3n) is 4.46. The van der Waals surface area contributed by atoms with E-state index >= 15 is 0 Å². The van der Waals surface area contributed by atoms with E-state index in [2.05, 4.69) is 13.8 Å². The van der Waals surface area contributed by atoms with Crippen LogP contribution in [0.2, 0.25) is 0 Å². The third-order valence-corrected chi connectivity index (χ3v) is 4.46. The van der Waals surface area contributed by atoms with Crippen molar-refractivity contribution in [2.24, 2.45) is 0 Å². The number of carbonyl (C=O) groups excluding carboxylic acids is 1. The quantitative estimate of drug-likeness (QED) is 0.413. The minimum Gasteiger partial charge on any atom is -0.463 e. The van der Waals surface area contributed by atoms with Gasteiger partial charge in [-0.25, -0.2) is 4.79 Å². The first-order chi connectivity index (χ1) is 8.65. The van der Waals surface area contributed by atoms with Gasteiger partial charge in [0.05, 0.1) is 6.61 Å². The van der Waals surface area contributed by atoms with E-state index in [1.165, 1.54) is 25.7 Å². The molecule has 1 saturated heterocycles. The van der Waals surface area contributed by atoms with Gasteiger partial charge in [0, 0.05) is 0 Å². The summed E-state index contributed by atoms with van der Waals surface area (Å²) < 4.78 is 11.2. The number of epoxide rings is 1. The maximum Gasteiger partial charge on any atom is 0.341 e. The second-order valence-corrected chi connectivity index (χ2v) is 5.92. The Morgan fingerprint density at radius 1 is 1.17 bits per heavy atom. The molecule has 18 heavy (non-hydrogen) atoms. The van der Waals surface area contributed by atoms with Crippen LogP contribution in [0.1, 0.15) is 71.6 Å². The fraction of sp³-hybridized carbons (Fsp3) is 0.933. The van der Waals surface area contributed by atoms with Gasteiger partial charge in [-0.3, -0.25) is 0 Å². The zero-order chi connectivity index (χ0) is 13.1. The van der Waals surface area contributed by atoms with Gasteiger partial charge in [-0.05, 0) is 32.6 Å². The summed E-state index contributed by atoms with van der Waals surface area (Å²) in [6.45, 7) is 4.80. The highest BCUT2D eigenvalue weighted by Gasteiger charge is 2.72. The molecule has 1 saturated carbocycles. The first kappa shape index (κ1) is 13.9. The second-order valence-electron chi connectivity index (χ2n) is 5.92. The zero-order valence-electron chi connectivity index (χ0n) is 11.8. The van der Waals surface area contributed by atoms with Crippen molar-refractivity contribution in [3.05, 3.63) is 0 Å². The average molecular weight is 254 g/mol. The molecule has 0 amide bonds. The smallest absolute Gasteiger partial charge is 0.341 e. The molecular weight excluding hydrogens is 228 g/mol. The van der Waals surface area contributed by atoms with Gasteiger partial charge in [0.15, 0.2) is 5.60 Å². The summed E-state index contributed by atoms with van der Waals surface area (Å²) in [7, 11) is 0. The molecule has 0 bridgehead atoms. The first-order valence-corrected chi connectivity index (χ1v) is 7.52. The lowest BCUT2D eigenvalue weighted by Gasteiger charge is -2.13. The van der Waals surface area contributed by atoms with E-state index in [1.54, 1.807) is 0 Å². The number of hydrogen-bond acceptors (Lipinski definition) is 3. The molecule has 0 aromatic rings. The molecule has 3 nitrogen and oxygen atoms in total. The number of unbranched alkanes of at least 4 members (excludes halogenated alkanes) is 3. The van der Waals surface area contributed by atoms with Crippen molar-refractivity contribution < 1.29 is 14.3 Å². The molecule has 1 aliphatic carbocycles. The Bertz CT molecular complexity index is 302. The van der Waals surface area contributed by atoms with Crippen LogP contribution < -0.4 is 0 Å². The highest BCUT2D eigenvalue weighted by atomic mass is 16.7. The van der Waals surface area contributed by atoms with Crippen molar-refractivity contribution in [2.45, 2.75) is 82.8 Å². The number of esters is 1. The normalized spacial score (nSPS) is 34.6. The molecule has 0 aromatic heterocycles. The summed E-state index contributed by atoms with van der Waals surface area (Å²) in [6, 6.07) is 0. The van der Waals surface area contributed by atoms with Crippen LogP contribution in [0.3, 0.4) is 0 Å². The van der Waals surface area contributed by atoms with Crippen molar-refractivity contribution in [1.82, 2.24) is 0 Å². The minimum atomic E-state index is -0.589. The lowest BCUT2D eigenvalue weighted by molar-refractivity contribution is -0.150. The van der Waals surface area contributed by atoms with Crippen LogP contribution in [0.25, 0.3) is 0 Å². The molecule has 0 spiro atoms. The van der Waals surface area contributed by atoms with Gasteiger partial charge in [-0.1, -0.05) is 39.0 Å². The van der Waals surface area contributed by atoms with Gasteiger partial charge in [0.25, 0.3) is 0 Å². The SMILES string of the molecule is CCCCCCOC(=O)C12CCCCCC1(C)O2. The standard InChI is InChI=1S/C15H26O3/c1-3-4-5-9-12-17-13(16)15-11-8-6-7-10-14(15,2)18-15/h3-12H2,1-2H3. The highest BCUT2D eigenvalue weighted by Crippen LogP contribution is 2.56. The minimum absolute atomic E-state index is 0.108. The molecule has 0 N–H and O–H groups in total. The number of rotatable bonds is 6. The van der Waals surface area contributed by atoms with E-state index in [0.717, 1.165) is 32.1 Å². The fourth-order valence-corrected chi connectivity index (χ4v) is 3.11. The molecule has 1 aliphatic heterocycles. The van der Waals surface area contributed by atoms with Crippen LogP contribution in [0.4, 0.5) is 0 Å². The molecule has 3 heteroatoms. The van der Waals surface area contributed by atoms with Crippen molar-refractivity contribution in [3.8, 4) is 0 Å². The van der Waals surface area contributed by atoms with Crippen LogP contribution in [0, 0.1) is 0 Å². The van der Waals surface area contributed by atoms with Crippen LogP contribution in [-0.4, -0.2) is 23.8 Å². The van der Waals surface area contributed by atoms with E-state index < -0.39 is 5.60 Å². The van der Waals surface area contributed by atoms with Gasteiger partial charge in [-0.2, -0.15) is 0 Å². The Morgan fingerprint density at radius 3 is 2.72 bits per heavy atom. The van der Waals surface area contributed by atoms with E-state index in [0.29, 0.717) is 6.61 Å². The van der Waals surface area contributed by atoms with E-state index in [1.807, 2.05) is 0 Å². The lowest BCUT2D eigenvalue weighted by Crippen LogP contribution is -2.33. The highest BCUT2D eigenvalue weighted by molar-refractivity contribution is 5.84. The average Bonchev–Trinajstić information content (AvgIpc) is 2.97. The molecule has 2 aliphatic rings. The Kier molecular flexibility index (Phi) is 4.31. The van der Waals surface area contributed by atoms with Crippen molar-refractivity contribution in [2.75, 3.05) is 6.61 Å². The first-order valence-electron chi connectivity index (χ1n) is 7.52. The topological polar surface area (TPSA) is 38.8 Å². The fourth-order valence-electron chi connectivity index (χ4n) is 3.11. The zero-order valence-corrected chi connectivity index (χ0v) is 11.8. The van der Waals surface area contributed by atoms with E-state index in [4.69, 9.17) is 9.47 Å².